The van der Waals surface area contributed by atoms with Crippen LogP contribution in [0, 0.1) is 5.41 Å². The molecule has 2 N–H and O–H groups in total. The molecular weight excluding hydrogens is 400 g/mol. The number of anilines is 2. The number of primary amides is 1. The highest BCUT2D eigenvalue weighted by atomic mass is 16.5. The van der Waals surface area contributed by atoms with E-state index < -0.39 is 5.41 Å². The molecule has 1 aromatic heterocycles. The van der Waals surface area contributed by atoms with E-state index in [-0.39, 0.29) is 5.91 Å². The Kier molecular flexibility index (Phi) is 5.47. The number of morpholine rings is 1. The second-order valence-corrected chi connectivity index (χ2v) is 9.12. The van der Waals surface area contributed by atoms with E-state index in [4.69, 9.17) is 10.5 Å². The third-order valence-electron chi connectivity index (χ3n) is 7.11. The average molecular weight is 431 g/mol. The van der Waals surface area contributed by atoms with Crippen LogP contribution in [0.1, 0.15) is 19.8 Å². The molecule has 166 valence electrons. The molecule has 0 saturated carbocycles. The first kappa shape index (κ1) is 20.8. The molecule has 6 nitrogen and oxygen atoms in total. The predicted octanol–water partition coefficient (Wildman–Crippen LogP) is 3.83. The minimum absolute atomic E-state index is 0.192. The summed E-state index contributed by atoms with van der Waals surface area (Å²) in [5.41, 5.74) is 11.0. The van der Waals surface area contributed by atoms with Crippen molar-refractivity contribution in [3.8, 4) is 11.1 Å². The molecule has 2 fully saturated rings. The quantitative estimate of drug-likeness (QED) is 0.681. The molecule has 0 spiro atoms. The summed E-state index contributed by atoms with van der Waals surface area (Å²) < 4.78 is 5.47. The van der Waals surface area contributed by atoms with Crippen molar-refractivity contribution in [3.05, 3.63) is 54.7 Å². The topological polar surface area (TPSA) is 71.7 Å². The van der Waals surface area contributed by atoms with Gasteiger partial charge in [0.2, 0.25) is 5.91 Å². The Morgan fingerprint density at radius 2 is 1.59 bits per heavy atom. The van der Waals surface area contributed by atoms with Crippen LogP contribution in [0.15, 0.2) is 54.7 Å². The van der Waals surface area contributed by atoms with Crippen molar-refractivity contribution < 1.29 is 9.53 Å². The first-order valence-electron chi connectivity index (χ1n) is 11.4. The number of benzene rings is 2. The second-order valence-electron chi connectivity index (χ2n) is 9.12. The van der Waals surface area contributed by atoms with Crippen molar-refractivity contribution in [1.82, 2.24) is 4.98 Å². The second kappa shape index (κ2) is 8.43. The fourth-order valence-electron chi connectivity index (χ4n) is 4.76. The molecule has 2 saturated heterocycles. The number of piperidine rings is 1. The maximum Gasteiger partial charge on any atom is 0.223 e. The summed E-state index contributed by atoms with van der Waals surface area (Å²) in [6, 6.07) is 17.4. The van der Waals surface area contributed by atoms with Crippen LogP contribution in [0.25, 0.3) is 22.0 Å². The van der Waals surface area contributed by atoms with Crippen LogP contribution < -0.4 is 15.5 Å². The summed E-state index contributed by atoms with van der Waals surface area (Å²) in [4.78, 5) is 21.1. The number of ether oxygens (including phenoxy) is 1. The Balaban J connectivity index is 1.42. The molecule has 0 atom stereocenters. The highest BCUT2D eigenvalue weighted by Crippen LogP contribution is 2.35. The first-order valence-corrected chi connectivity index (χ1v) is 11.4. The number of fused-ring (bicyclic) bond motifs is 1. The lowest BCUT2D eigenvalue weighted by Gasteiger charge is -2.38. The molecule has 3 aromatic rings. The fourth-order valence-corrected chi connectivity index (χ4v) is 4.76. The summed E-state index contributed by atoms with van der Waals surface area (Å²) in [5.74, 6) is -0.192. The van der Waals surface area contributed by atoms with Gasteiger partial charge in [0.15, 0.2) is 0 Å². The van der Waals surface area contributed by atoms with Crippen LogP contribution in [0.2, 0.25) is 0 Å². The van der Waals surface area contributed by atoms with Crippen LogP contribution in [0.3, 0.4) is 0 Å². The highest BCUT2D eigenvalue weighted by Gasteiger charge is 2.35. The molecule has 2 aliphatic rings. The molecular formula is C26H30N4O2. The number of nitrogens with two attached hydrogens (primary N) is 1. The molecule has 6 heteroatoms. The number of hydrogen-bond donors (Lipinski definition) is 1. The lowest BCUT2D eigenvalue weighted by Crippen LogP contribution is -2.45. The molecule has 0 bridgehead atoms. The van der Waals surface area contributed by atoms with Crippen LogP contribution >= 0.6 is 0 Å². The van der Waals surface area contributed by atoms with E-state index in [9.17, 15) is 4.79 Å². The van der Waals surface area contributed by atoms with Crippen LogP contribution in [-0.4, -0.2) is 50.3 Å². The SMILES string of the molecule is CC1(C(N)=O)CCN(c2ccc3nccc(-c4ccc(N5CCOCC5)cc4)c3c2)CC1. The summed E-state index contributed by atoms with van der Waals surface area (Å²) in [7, 11) is 0. The third-order valence-corrected chi connectivity index (χ3v) is 7.11. The van der Waals surface area contributed by atoms with Gasteiger partial charge >= 0.3 is 0 Å². The molecule has 0 unspecified atom stereocenters. The summed E-state index contributed by atoms with van der Waals surface area (Å²) in [6.45, 7) is 7.08. The van der Waals surface area contributed by atoms with Gasteiger partial charge in [-0.05, 0) is 60.4 Å². The highest BCUT2D eigenvalue weighted by molar-refractivity contribution is 5.96. The average Bonchev–Trinajstić information content (AvgIpc) is 2.84. The zero-order chi connectivity index (χ0) is 22.1. The van der Waals surface area contributed by atoms with Crippen molar-refractivity contribution in [1.29, 1.82) is 0 Å². The Hall–Kier alpha value is -3.12. The molecule has 2 aromatic carbocycles. The molecule has 0 aliphatic carbocycles. The van der Waals surface area contributed by atoms with Crippen molar-refractivity contribution in [2.75, 3.05) is 49.2 Å². The zero-order valence-electron chi connectivity index (χ0n) is 18.6. The molecule has 5 rings (SSSR count). The monoisotopic (exact) mass is 430 g/mol. The van der Waals surface area contributed by atoms with Crippen molar-refractivity contribution in [2.45, 2.75) is 19.8 Å². The summed E-state index contributed by atoms with van der Waals surface area (Å²) in [5, 5.41) is 1.15. The van der Waals surface area contributed by atoms with Gasteiger partial charge in [-0.3, -0.25) is 9.78 Å². The van der Waals surface area contributed by atoms with E-state index in [2.05, 4.69) is 63.3 Å². The van der Waals surface area contributed by atoms with E-state index in [1.807, 2.05) is 13.1 Å². The number of carbonyl (C=O) groups excluding carboxylic acids is 1. The molecule has 3 heterocycles. The van der Waals surface area contributed by atoms with Gasteiger partial charge in [0, 0.05) is 54.6 Å². The fraction of sp³-hybridized carbons (Fsp3) is 0.385. The largest absolute Gasteiger partial charge is 0.378 e. The third kappa shape index (κ3) is 3.91. The zero-order valence-corrected chi connectivity index (χ0v) is 18.6. The number of nitrogens with zero attached hydrogens (tertiary/aromatic N) is 3. The van der Waals surface area contributed by atoms with Gasteiger partial charge in [-0.15, -0.1) is 0 Å². The van der Waals surface area contributed by atoms with E-state index in [1.54, 1.807) is 0 Å². The number of hydrogen-bond acceptors (Lipinski definition) is 5. The predicted molar refractivity (Wildman–Crippen MR) is 129 cm³/mol. The van der Waals surface area contributed by atoms with Gasteiger partial charge < -0.3 is 20.3 Å². The Bertz CT molecular complexity index is 1110. The van der Waals surface area contributed by atoms with Gasteiger partial charge in [-0.1, -0.05) is 19.1 Å². The van der Waals surface area contributed by atoms with E-state index in [0.717, 1.165) is 63.1 Å². The number of amides is 1. The van der Waals surface area contributed by atoms with E-state index >= 15 is 0 Å². The van der Waals surface area contributed by atoms with Crippen molar-refractivity contribution in [2.24, 2.45) is 11.1 Å². The number of aromatic nitrogens is 1. The van der Waals surface area contributed by atoms with E-state index in [1.165, 1.54) is 22.5 Å². The van der Waals surface area contributed by atoms with Gasteiger partial charge in [0.05, 0.1) is 18.7 Å². The standard InChI is InChI=1S/C26H30N4O2/c1-26(25(27)31)9-12-29(13-10-26)21-6-7-24-23(18-21)22(8-11-28-24)19-2-4-20(5-3-19)30-14-16-32-17-15-30/h2-8,11,18H,9-10,12-17H2,1H3,(H2,27,31). The van der Waals surface area contributed by atoms with Crippen molar-refractivity contribution in [3.63, 3.8) is 0 Å². The number of rotatable bonds is 4. The van der Waals surface area contributed by atoms with Gasteiger partial charge in [0.1, 0.15) is 0 Å². The Labute approximate surface area is 189 Å². The lowest BCUT2D eigenvalue weighted by molar-refractivity contribution is -0.127. The van der Waals surface area contributed by atoms with Gasteiger partial charge in [-0.25, -0.2) is 0 Å². The van der Waals surface area contributed by atoms with E-state index in [0.29, 0.717) is 0 Å². The van der Waals surface area contributed by atoms with Crippen LogP contribution in [-0.2, 0) is 9.53 Å². The normalized spacial score (nSPS) is 18.7. The van der Waals surface area contributed by atoms with Crippen LogP contribution in [0.4, 0.5) is 11.4 Å². The minimum Gasteiger partial charge on any atom is -0.378 e. The maximum atomic E-state index is 11.8. The number of carbonyl (C=O) groups is 1. The van der Waals surface area contributed by atoms with Gasteiger partial charge in [-0.2, -0.15) is 0 Å². The maximum absolute atomic E-state index is 11.8. The molecule has 1 amide bonds. The van der Waals surface area contributed by atoms with Crippen LogP contribution in [0.5, 0.6) is 0 Å². The Morgan fingerprint density at radius 3 is 2.28 bits per heavy atom. The number of pyridine rings is 1. The van der Waals surface area contributed by atoms with Gasteiger partial charge in [0.25, 0.3) is 0 Å². The minimum atomic E-state index is -0.401. The smallest absolute Gasteiger partial charge is 0.223 e. The summed E-state index contributed by atoms with van der Waals surface area (Å²) in [6.07, 6.45) is 3.44. The lowest BCUT2D eigenvalue weighted by atomic mass is 9.79. The van der Waals surface area contributed by atoms with Crippen molar-refractivity contribution >= 4 is 28.2 Å². The molecule has 0 radical (unpaired) electrons. The Morgan fingerprint density at radius 1 is 0.938 bits per heavy atom. The summed E-state index contributed by atoms with van der Waals surface area (Å²) >= 11 is 0. The molecule has 32 heavy (non-hydrogen) atoms. The molecule has 2 aliphatic heterocycles. The first-order chi connectivity index (χ1) is 15.5.